The van der Waals surface area contributed by atoms with Gasteiger partial charge in [-0.05, 0) is 48.0 Å². The molecule has 11 heteroatoms. The standard InChI is InChI=1S/C27H35NO9Si/c1-17-22-20(19-14-11-15-33-19)21(28(30)31)24(37-38(6,7)26(2,3)4)23(17)36-27(32-5,35-22)16-34-25(29)18-12-9-8-10-13-18/h8-15,20-24H,1,16H2,2-7H3/t20-,21-,22?,23?,24+,27-/m0/s1. The Kier molecular flexibility index (Phi) is 7.70. The highest BCUT2D eigenvalue weighted by atomic mass is 28.4. The average molecular weight is 546 g/mol. The maximum absolute atomic E-state index is 12.7. The molecule has 1 aliphatic heterocycles. The summed E-state index contributed by atoms with van der Waals surface area (Å²) in [7, 11) is -1.18. The SMILES string of the molecule is C=C1C2O[C@](COC(=O)c3ccccc3)(OC)OC1[C@H](O[Si](C)(C)C(C)(C)C)[C@@H]([N+](=O)[O-])[C@@H]2c1ccco1. The molecule has 0 N–H and O–H groups in total. The fourth-order valence-electron chi connectivity index (χ4n) is 4.61. The maximum Gasteiger partial charge on any atom is 0.338 e. The Hall–Kier alpha value is -2.83. The number of nitrogens with zero attached hydrogens (tertiary/aromatic N) is 1. The first kappa shape index (κ1) is 28.2. The number of rotatable bonds is 8. The zero-order valence-corrected chi connectivity index (χ0v) is 23.5. The molecule has 0 spiro atoms. The van der Waals surface area contributed by atoms with Gasteiger partial charge in [-0.3, -0.25) is 10.1 Å². The normalized spacial score (nSPS) is 29.6. The molecular weight excluding hydrogens is 510 g/mol. The van der Waals surface area contributed by atoms with Gasteiger partial charge < -0.3 is 27.8 Å². The number of ether oxygens (including phenoxy) is 4. The van der Waals surface area contributed by atoms with E-state index < -0.39 is 57.1 Å². The lowest BCUT2D eigenvalue weighted by atomic mass is 9.74. The molecule has 1 saturated carbocycles. The van der Waals surface area contributed by atoms with E-state index in [1.54, 1.807) is 42.5 Å². The van der Waals surface area contributed by atoms with Crippen LogP contribution < -0.4 is 0 Å². The molecule has 38 heavy (non-hydrogen) atoms. The number of carbonyl (C=O) groups is 1. The van der Waals surface area contributed by atoms with E-state index >= 15 is 0 Å². The fraction of sp³-hybridized carbons (Fsp3) is 0.519. The van der Waals surface area contributed by atoms with E-state index in [0.717, 1.165) is 0 Å². The smallest absolute Gasteiger partial charge is 0.338 e. The van der Waals surface area contributed by atoms with E-state index in [0.29, 0.717) is 16.9 Å². The molecule has 0 radical (unpaired) electrons. The van der Waals surface area contributed by atoms with E-state index in [-0.39, 0.29) is 9.96 Å². The summed E-state index contributed by atoms with van der Waals surface area (Å²) in [5.74, 6) is -2.97. The highest BCUT2D eigenvalue weighted by Crippen LogP contribution is 2.50. The number of hydrogen-bond donors (Lipinski definition) is 0. The van der Waals surface area contributed by atoms with Crippen molar-refractivity contribution in [2.75, 3.05) is 13.7 Å². The van der Waals surface area contributed by atoms with Crippen molar-refractivity contribution in [2.45, 2.75) is 75.1 Å². The van der Waals surface area contributed by atoms with Crippen LogP contribution in [0.25, 0.3) is 0 Å². The Bertz CT molecular complexity index is 1160. The fourth-order valence-corrected chi connectivity index (χ4v) is 5.90. The summed E-state index contributed by atoms with van der Waals surface area (Å²) in [6.45, 7) is 14.0. The van der Waals surface area contributed by atoms with Gasteiger partial charge in [0.05, 0.1) is 11.8 Å². The van der Waals surface area contributed by atoms with Crippen molar-refractivity contribution < 1.29 is 37.5 Å². The van der Waals surface area contributed by atoms with Crippen LogP contribution in [0.5, 0.6) is 0 Å². The van der Waals surface area contributed by atoms with Gasteiger partial charge in [0.2, 0.25) is 0 Å². The minimum atomic E-state index is -2.54. The van der Waals surface area contributed by atoms with Gasteiger partial charge in [0, 0.05) is 12.0 Å². The molecule has 0 amide bonds. The molecule has 2 aromatic rings. The number of carbonyl (C=O) groups excluding carboxylic acids is 1. The summed E-state index contributed by atoms with van der Waals surface area (Å²) in [5, 5.41) is 12.4. The summed E-state index contributed by atoms with van der Waals surface area (Å²) in [4.78, 5) is 24.9. The molecule has 1 aromatic heterocycles. The first-order valence-corrected chi connectivity index (χ1v) is 15.4. The zero-order chi connectivity index (χ0) is 27.9. The van der Waals surface area contributed by atoms with E-state index in [1.807, 2.05) is 13.1 Å². The quantitative estimate of drug-likeness (QED) is 0.150. The Morgan fingerprint density at radius 2 is 1.79 bits per heavy atom. The Balaban J connectivity index is 1.73. The molecule has 2 aliphatic rings. The van der Waals surface area contributed by atoms with Crippen LogP contribution in [-0.2, 0) is 23.4 Å². The third-order valence-corrected chi connectivity index (χ3v) is 12.2. The van der Waals surface area contributed by atoms with Crippen LogP contribution >= 0.6 is 0 Å². The number of hydrogen-bond acceptors (Lipinski definition) is 9. The van der Waals surface area contributed by atoms with Gasteiger partial charge in [0.25, 0.3) is 6.04 Å². The van der Waals surface area contributed by atoms with Gasteiger partial charge >= 0.3 is 11.9 Å². The monoisotopic (exact) mass is 545 g/mol. The van der Waals surface area contributed by atoms with Gasteiger partial charge in [-0.2, -0.15) is 0 Å². The molecule has 1 aromatic carbocycles. The van der Waals surface area contributed by atoms with Crippen LogP contribution in [0.4, 0.5) is 0 Å². The second-order valence-corrected chi connectivity index (χ2v) is 15.9. The lowest BCUT2D eigenvalue weighted by Crippen LogP contribution is -2.68. The summed E-state index contributed by atoms with van der Waals surface area (Å²) >= 11 is 0. The molecule has 2 heterocycles. The van der Waals surface area contributed by atoms with Gasteiger partial charge in [-0.1, -0.05) is 45.5 Å². The second kappa shape index (κ2) is 10.4. The molecule has 4 rings (SSSR count). The van der Waals surface area contributed by atoms with Crippen molar-refractivity contribution in [3.8, 4) is 0 Å². The Morgan fingerprint density at radius 1 is 1.13 bits per heavy atom. The van der Waals surface area contributed by atoms with Crippen molar-refractivity contribution in [3.05, 3.63) is 82.3 Å². The van der Waals surface area contributed by atoms with Gasteiger partial charge in [-0.25, -0.2) is 4.79 Å². The molecule has 6 atom stereocenters. The molecule has 2 unspecified atom stereocenters. The first-order valence-electron chi connectivity index (χ1n) is 12.5. The van der Waals surface area contributed by atoms with Gasteiger partial charge in [-0.15, -0.1) is 0 Å². The summed E-state index contributed by atoms with van der Waals surface area (Å²) in [6, 6.07) is 10.6. The molecule has 1 saturated heterocycles. The van der Waals surface area contributed by atoms with Crippen molar-refractivity contribution in [3.63, 3.8) is 0 Å². The largest absolute Gasteiger partial charge is 0.469 e. The molecule has 2 fully saturated rings. The molecule has 1 aliphatic carbocycles. The lowest BCUT2D eigenvalue weighted by Gasteiger charge is -2.53. The highest BCUT2D eigenvalue weighted by molar-refractivity contribution is 6.74. The van der Waals surface area contributed by atoms with Crippen LogP contribution in [0.2, 0.25) is 18.1 Å². The average Bonchev–Trinajstić information content (AvgIpc) is 3.39. The lowest BCUT2D eigenvalue weighted by molar-refractivity contribution is -0.558. The van der Waals surface area contributed by atoms with Crippen molar-refractivity contribution in [1.82, 2.24) is 0 Å². The minimum absolute atomic E-state index is 0.235. The van der Waals surface area contributed by atoms with E-state index in [4.69, 9.17) is 27.8 Å². The number of nitro groups is 1. The van der Waals surface area contributed by atoms with Gasteiger partial charge in [0.1, 0.15) is 30.0 Å². The number of furan rings is 1. The molecule has 2 bridgehead atoms. The number of esters is 1. The van der Waals surface area contributed by atoms with E-state index in [1.165, 1.54) is 13.4 Å². The topological polar surface area (TPSA) is 120 Å². The van der Waals surface area contributed by atoms with Crippen LogP contribution in [0.15, 0.2) is 65.3 Å². The zero-order valence-electron chi connectivity index (χ0n) is 22.5. The molecule has 10 nitrogen and oxygen atoms in total. The van der Waals surface area contributed by atoms with E-state index in [2.05, 4.69) is 27.4 Å². The van der Waals surface area contributed by atoms with Crippen LogP contribution in [0.1, 0.15) is 42.8 Å². The molecular formula is C27H35NO9Si. The predicted octanol–water partition coefficient (Wildman–Crippen LogP) is 4.91. The second-order valence-electron chi connectivity index (χ2n) is 11.1. The first-order chi connectivity index (χ1) is 17.8. The summed E-state index contributed by atoms with van der Waals surface area (Å²) in [6.07, 6.45) is -1.45. The van der Waals surface area contributed by atoms with Crippen molar-refractivity contribution in [2.24, 2.45) is 0 Å². The minimum Gasteiger partial charge on any atom is -0.469 e. The van der Waals surface area contributed by atoms with Crippen molar-refractivity contribution in [1.29, 1.82) is 0 Å². The number of fused-ring (bicyclic) bond motifs is 2. The van der Waals surface area contributed by atoms with Crippen LogP contribution in [-0.4, -0.2) is 63.3 Å². The van der Waals surface area contributed by atoms with E-state index in [9.17, 15) is 14.9 Å². The van der Waals surface area contributed by atoms with Crippen LogP contribution in [0.3, 0.4) is 0 Å². The van der Waals surface area contributed by atoms with Crippen molar-refractivity contribution >= 4 is 14.3 Å². The third kappa shape index (κ3) is 5.21. The number of methoxy groups -OCH3 is 1. The predicted molar refractivity (Wildman–Crippen MR) is 140 cm³/mol. The highest BCUT2D eigenvalue weighted by Gasteiger charge is 2.64. The Labute approximate surface area is 223 Å². The summed E-state index contributed by atoms with van der Waals surface area (Å²) in [5.41, 5.74) is 0.815. The maximum atomic E-state index is 12.7. The Morgan fingerprint density at radius 3 is 2.34 bits per heavy atom. The third-order valence-electron chi connectivity index (χ3n) is 7.73. The summed E-state index contributed by atoms with van der Waals surface area (Å²) < 4.78 is 36.0. The number of benzene rings is 1. The molecule has 206 valence electrons. The van der Waals surface area contributed by atoms with Crippen LogP contribution in [0, 0.1) is 10.1 Å². The van der Waals surface area contributed by atoms with Gasteiger partial charge in [0.15, 0.2) is 14.9 Å².